The molecule has 1 aromatic rings. The van der Waals surface area contributed by atoms with Crippen LogP contribution in [0.25, 0.3) is 0 Å². The standard InChI is InChI=1S/C14H17N3O4S/c1-9(2)20-13(18)17(14(19)21-10(3)4)16-12(7-15)11-5-6-22-8-11/h5-6,8-10H,1-4H3/b16-12-. The van der Waals surface area contributed by atoms with Crippen LogP contribution in [0.2, 0.25) is 0 Å². The minimum atomic E-state index is -0.997. The Bertz CT molecular complexity index is 566. The average molecular weight is 323 g/mol. The van der Waals surface area contributed by atoms with Gasteiger partial charge in [-0.1, -0.05) is 5.01 Å². The van der Waals surface area contributed by atoms with Gasteiger partial charge in [0.2, 0.25) is 0 Å². The summed E-state index contributed by atoms with van der Waals surface area (Å²) >= 11 is 1.37. The van der Waals surface area contributed by atoms with E-state index in [2.05, 4.69) is 5.10 Å². The minimum Gasteiger partial charge on any atom is -0.445 e. The summed E-state index contributed by atoms with van der Waals surface area (Å²) in [6.45, 7) is 6.55. The van der Waals surface area contributed by atoms with E-state index < -0.39 is 24.4 Å². The molecule has 1 heterocycles. The number of amides is 2. The molecule has 0 saturated heterocycles. The lowest BCUT2D eigenvalue weighted by atomic mass is 10.2. The second kappa shape index (κ2) is 8.14. The van der Waals surface area contributed by atoms with Gasteiger partial charge in [-0.2, -0.15) is 16.6 Å². The molecule has 0 atom stereocenters. The zero-order valence-corrected chi connectivity index (χ0v) is 13.6. The molecule has 0 fully saturated rings. The number of carbonyl (C=O) groups is 2. The molecule has 118 valence electrons. The lowest BCUT2D eigenvalue weighted by Crippen LogP contribution is -2.36. The van der Waals surface area contributed by atoms with Gasteiger partial charge in [0.15, 0.2) is 5.71 Å². The fourth-order valence-electron chi connectivity index (χ4n) is 1.30. The maximum absolute atomic E-state index is 12.0. The van der Waals surface area contributed by atoms with Crippen molar-refractivity contribution < 1.29 is 19.1 Å². The van der Waals surface area contributed by atoms with Gasteiger partial charge in [-0.05, 0) is 39.1 Å². The molecule has 7 nitrogen and oxygen atoms in total. The second-order valence-corrected chi connectivity index (χ2v) is 5.53. The second-order valence-electron chi connectivity index (χ2n) is 4.75. The maximum atomic E-state index is 12.0. The molecule has 8 heteroatoms. The van der Waals surface area contributed by atoms with E-state index in [1.54, 1.807) is 44.5 Å². The molecule has 22 heavy (non-hydrogen) atoms. The number of hydrogen-bond donors (Lipinski definition) is 0. The molecule has 0 saturated carbocycles. The summed E-state index contributed by atoms with van der Waals surface area (Å²) in [5.74, 6) is 0. The van der Waals surface area contributed by atoms with Gasteiger partial charge >= 0.3 is 12.2 Å². The minimum absolute atomic E-state index is 0.0809. The van der Waals surface area contributed by atoms with Gasteiger partial charge in [0.25, 0.3) is 0 Å². The van der Waals surface area contributed by atoms with E-state index in [0.717, 1.165) is 0 Å². The van der Waals surface area contributed by atoms with Gasteiger partial charge in [-0.25, -0.2) is 9.59 Å². The van der Waals surface area contributed by atoms with Gasteiger partial charge in [-0.15, -0.1) is 5.10 Å². The van der Waals surface area contributed by atoms with Crippen LogP contribution >= 0.6 is 11.3 Å². The Morgan fingerprint density at radius 3 is 2.14 bits per heavy atom. The number of imide groups is 1. The van der Waals surface area contributed by atoms with Crippen molar-refractivity contribution in [2.24, 2.45) is 5.10 Å². The first-order chi connectivity index (χ1) is 10.3. The van der Waals surface area contributed by atoms with Crippen LogP contribution in [0.3, 0.4) is 0 Å². The van der Waals surface area contributed by atoms with Crippen LogP contribution in [0.1, 0.15) is 33.3 Å². The van der Waals surface area contributed by atoms with Crippen LogP contribution in [-0.2, 0) is 9.47 Å². The van der Waals surface area contributed by atoms with E-state index in [9.17, 15) is 9.59 Å². The lowest BCUT2D eigenvalue weighted by Gasteiger charge is -2.18. The molecule has 0 spiro atoms. The Kier molecular flexibility index (Phi) is 6.53. The number of rotatable bonds is 4. The first-order valence-corrected chi connectivity index (χ1v) is 7.52. The van der Waals surface area contributed by atoms with E-state index >= 15 is 0 Å². The van der Waals surface area contributed by atoms with E-state index in [1.807, 2.05) is 6.07 Å². The average Bonchev–Trinajstić information content (AvgIpc) is 2.91. The molecule has 0 N–H and O–H groups in total. The summed E-state index contributed by atoms with van der Waals surface area (Å²) in [7, 11) is 0. The normalized spacial score (nSPS) is 11.2. The smallest absolute Gasteiger partial charge is 0.440 e. The van der Waals surface area contributed by atoms with Crippen LogP contribution in [0.4, 0.5) is 9.59 Å². The Labute approximate surface area is 132 Å². The number of hydrogen-bond acceptors (Lipinski definition) is 7. The van der Waals surface area contributed by atoms with E-state index in [1.165, 1.54) is 11.3 Å². The summed E-state index contributed by atoms with van der Waals surface area (Å²) in [4.78, 5) is 24.0. The fourth-order valence-corrected chi connectivity index (χ4v) is 1.94. The van der Waals surface area contributed by atoms with Gasteiger partial charge in [-0.3, -0.25) is 0 Å². The zero-order valence-electron chi connectivity index (χ0n) is 12.8. The Morgan fingerprint density at radius 1 is 1.23 bits per heavy atom. The number of hydrazone groups is 1. The maximum Gasteiger partial charge on any atom is 0.440 e. The third-order valence-corrected chi connectivity index (χ3v) is 2.80. The van der Waals surface area contributed by atoms with E-state index in [-0.39, 0.29) is 5.71 Å². The van der Waals surface area contributed by atoms with Gasteiger partial charge in [0, 0.05) is 10.9 Å². The molecule has 0 radical (unpaired) electrons. The van der Waals surface area contributed by atoms with Crippen molar-refractivity contribution in [3.63, 3.8) is 0 Å². The highest BCUT2D eigenvalue weighted by molar-refractivity contribution is 7.08. The first kappa shape index (κ1) is 17.7. The molecule has 1 rings (SSSR count). The topological polar surface area (TPSA) is 92.0 Å². The Morgan fingerprint density at radius 2 is 1.77 bits per heavy atom. The Hall–Kier alpha value is -2.40. The summed E-state index contributed by atoms with van der Waals surface area (Å²) < 4.78 is 9.90. The number of nitriles is 1. The van der Waals surface area contributed by atoms with Crippen molar-refractivity contribution in [2.75, 3.05) is 0 Å². The molecule has 0 aliphatic rings. The van der Waals surface area contributed by atoms with Crippen molar-refractivity contribution >= 4 is 29.2 Å². The summed E-state index contributed by atoms with van der Waals surface area (Å²) in [6, 6.07) is 3.51. The molecule has 0 aliphatic carbocycles. The summed E-state index contributed by atoms with van der Waals surface area (Å²) in [5, 5.41) is 16.8. The lowest BCUT2D eigenvalue weighted by molar-refractivity contribution is 0.0518. The molecule has 0 bridgehead atoms. The van der Waals surface area contributed by atoms with Crippen LogP contribution in [0, 0.1) is 11.3 Å². The Balaban J connectivity index is 3.11. The van der Waals surface area contributed by atoms with E-state index in [4.69, 9.17) is 14.7 Å². The number of nitrogens with zero attached hydrogens (tertiary/aromatic N) is 3. The van der Waals surface area contributed by atoms with Crippen molar-refractivity contribution in [2.45, 2.75) is 39.9 Å². The molecule has 2 amide bonds. The van der Waals surface area contributed by atoms with Crippen molar-refractivity contribution in [1.82, 2.24) is 5.01 Å². The number of thiophene rings is 1. The van der Waals surface area contributed by atoms with Crippen LogP contribution < -0.4 is 0 Å². The SMILES string of the molecule is CC(C)OC(=O)N(/N=C(/C#N)c1ccsc1)C(=O)OC(C)C. The highest BCUT2D eigenvalue weighted by atomic mass is 32.1. The van der Waals surface area contributed by atoms with Crippen LogP contribution in [0.5, 0.6) is 0 Å². The van der Waals surface area contributed by atoms with Gasteiger partial charge in [0.05, 0.1) is 12.2 Å². The number of ether oxygens (including phenoxy) is 2. The predicted octanol–water partition coefficient (Wildman–Crippen LogP) is 3.37. The van der Waals surface area contributed by atoms with Gasteiger partial charge in [0.1, 0.15) is 6.07 Å². The van der Waals surface area contributed by atoms with Crippen molar-refractivity contribution in [3.05, 3.63) is 22.4 Å². The van der Waals surface area contributed by atoms with Crippen LogP contribution in [0.15, 0.2) is 21.9 Å². The molecular weight excluding hydrogens is 306 g/mol. The molecule has 0 aliphatic heterocycles. The third-order valence-electron chi connectivity index (χ3n) is 2.12. The van der Waals surface area contributed by atoms with E-state index in [0.29, 0.717) is 10.6 Å². The predicted molar refractivity (Wildman–Crippen MR) is 81.5 cm³/mol. The zero-order chi connectivity index (χ0) is 16.7. The summed E-state index contributed by atoms with van der Waals surface area (Å²) in [5.41, 5.74) is 0.426. The largest absolute Gasteiger partial charge is 0.445 e. The molecule has 0 unspecified atom stereocenters. The molecule has 0 aromatic carbocycles. The first-order valence-electron chi connectivity index (χ1n) is 6.57. The van der Waals surface area contributed by atoms with Gasteiger partial charge < -0.3 is 9.47 Å². The van der Waals surface area contributed by atoms with Crippen LogP contribution in [-0.4, -0.2) is 35.1 Å². The van der Waals surface area contributed by atoms with Crippen molar-refractivity contribution in [3.8, 4) is 6.07 Å². The quantitative estimate of drug-likeness (QED) is 0.625. The molecule has 1 aromatic heterocycles. The third kappa shape index (κ3) is 5.18. The highest BCUT2D eigenvalue weighted by Gasteiger charge is 2.27. The number of carbonyl (C=O) groups excluding carboxylic acids is 2. The summed E-state index contributed by atoms with van der Waals surface area (Å²) in [6.07, 6.45) is -2.88. The fraction of sp³-hybridized carbons (Fsp3) is 0.429. The highest BCUT2D eigenvalue weighted by Crippen LogP contribution is 2.11. The van der Waals surface area contributed by atoms with Crippen molar-refractivity contribution in [1.29, 1.82) is 5.26 Å². The monoisotopic (exact) mass is 323 g/mol. The molecular formula is C14H17N3O4S.